The van der Waals surface area contributed by atoms with Crippen LogP contribution in [0.5, 0.6) is 5.75 Å². The van der Waals surface area contributed by atoms with Crippen molar-refractivity contribution in [3.8, 4) is 5.75 Å². The van der Waals surface area contributed by atoms with E-state index < -0.39 is 10.5 Å². The van der Waals surface area contributed by atoms with Gasteiger partial charge in [-0.25, -0.2) is 0 Å². The highest BCUT2D eigenvalue weighted by atomic mass is 35.5. The summed E-state index contributed by atoms with van der Waals surface area (Å²) in [5, 5.41) is 9.33. The minimum atomic E-state index is -1.02. The molecule has 0 bridgehead atoms. The van der Waals surface area contributed by atoms with E-state index in [1.54, 1.807) is 12.1 Å². The first-order chi connectivity index (χ1) is 9.57. The van der Waals surface area contributed by atoms with E-state index in [4.69, 9.17) is 16.3 Å². The van der Waals surface area contributed by atoms with Crippen molar-refractivity contribution in [1.29, 1.82) is 0 Å². The van der Waals surface area contributed by atoms with Crippen LogP contribution in [0.1, 0.15) is 58.9 Å². The van der Waals surface area contributed by atoms with Crippen LogP contribution in [0.3, 0.4) is 0 Å². The number of hydrogen-bond acceptors (Lipinski definition) is 3. The van der Waals surface area contributed by atoms with Crippen molar-refractivity contribution in [2.75, 3.05) is 0 Å². The van der Waals surface area contributed by atoms with Crippen molar-refractivity contribution >= 4 is 17.6 Å². The lowest BCUT2D eigenvalue weighted by molar-refractivity contribution is -0.158. The third-order valence-corrected chi connectivity index (χ3v) is 3.99. The quantitative estimate of drug-likeness (QED) is 0.637. The Kier molecular flexibility index (Phi) is 5.68. The summed E-state index contributed by atoms with van der Waals surface area (Å²) in [6.45, 7) is 9.41. The van der Waals surface area contributed by atoms with E-state index in [0.717, 1.165) is 5.56 Å². The Morgan fingerprint density at radius 3 is 2.24 bits per heavy atom. The molecule has 0 aromatic heterocycles. The lowest BCUT2D eigenvalue weighted by Crippen LogP contribution is -2.39. The van der Waals surface area contributed by atoms with Crippen molar-refractivity contribution in [1.82, 2.24) is 0 Å². The molecule has 2 atom stereocenters. The monoisotopic (exact) mass is 312 g/mol. The van der Waals surface area contributed by atoms with Gasteiger partial charge in [-0.15, -0.1) is 11.6 Å². The van der Waals surface area contributed by atoms with Crippen molar-refractivity contribution in [2.24, 2.45) is 0 Å². The maximum absolute atomic E-state index is 12.3. The number of phenolic OH excluding ortho intramolecular Hbond substituents is 1. The van der Waals surface area contributed by atoms with Crippen LogP contribution in [-0.2, 0) is 9.53 Å². The summed E-state index contributed by atoms with van der Waals surface area (Å²) in [6.07, 6.45) is 0.997. The van der Waals surface area contributed by atoms with Gasteiger partial charge in [0.2, 0.25) is 0 Å². The molecule has 0 aliphatic carbocycles. The fraction of sp³-hybridized carbons (Fsp3) is 0.588. The molecule has 0 radical (unpaired) electrons. The molecule has 3 nitrogen and oxygen atoms in total. The summed E-state index contributed by atoms with van der Waals surface area (Å²) in [7, 11) is 0. The highest BCUT2D eigenvalue weighted by Crippen LogP contribution is 2.35. The predicted molar refractivity (Wildman–Crippen MR) is 85.9 cm³/mol. The van der Waals surface area contributed by atoms with Crippen molar-refractivity contribution in [3.05, 3.63) is 29.8 Å². The Morgan fingerprint density at radius 1 is 1.29 bits per heavy atom. The number of hydrogen-bond donors (Lipinski definition) is 1. The average Bonchev–Trinajstić information content (AvgIpc) is 2.37. The first kappa shape index (κ1) is 17.8. The summed E-state index contributed by atoms with van der Waals surface area (Å²) >= 11 is 6.53. The molecule has 0 fully saturated rings. The number of alkyl halides is 1. The van der Waals surface area contributed by atoms with Crippen molar-refractivity contribution < 1.29 is 14.6 Å². The molecule has 0 aliphatic heterocycles. The normalized spacial score (nSPS) is 16.1. The molecular weight excluding hydrogens is 288 g/mol. The minimum absolute atomic E-state index is 0.0931. The fourth-order valence-corrected chi connectivity index (χ4v) is 2.42. The summed E-state index contributed by atoms with van der Waals surface area (Å²) in [5.74, 6) is -0.0499. The molecule has 118 valence electrons. The Bertz CT molecular complexity index is 476. The average molecular weight is 313 g/mol. The van der Waals surface area contributed by atoms with Crippen LogP contribution in [-0.4, -0.2) is 21.6 Å². The largest absolute Gasteiger partial charge is 0.508 e. The third kappa shape index (κ3) is 5.24. The number of carbonyl (C=O) groups excluding carboxylic acids is 1. The Labute approximate surface area is 132 Å². The maximum Gasteiger partial charge on any atom is 0.327 e. The third-order valence-electron chi connectivity index (χ3n) is 3.42. The number of carbonyl (C=O) groups is 1. The fourth-order valence-electron chi connectivity index (χ4n) is 2.15. The predicted octanol–water partition coefficient (Wildman–Crippen LogP) is 4.62. The SMILES string of the molecule is CCC(Cl)(CC(C)c1ccc(O)cc1)C(=O)OC(C)(C)C. The number of halogens is 1. The second-order valence-electron chi connectivity index (χ2n) is 6.52. The van der Waals surface area contributed by atoms with Crippen LogP contribution in [0.15, 0.2) is 24.3 Å². The zero-order valence-corrected chi connectivity index (χ0v) is 14.2. The van der Waals surface area contributed by atoms with Gasteiger partial charge in [-0.1, -0.05) is 26.0 Å². The van der Waals surface area contributed by atoms with Crippen LogP contribution >= 0.6 is 11.6 Å². The molecule has 1 aromatic rings. The van der Waals surface area contributed by atoms with Crippen molar-refractivity contribution in [2.45, 2.75) is 63.9 Å². The molecule has 4 heteroatoms. The van der Waals surface area contributed by atoms with Gasteiger partial charge in [-0.05, 0) is 57.2 Å². The molecule has 0 aliphatic rings. The molecule has 0 amide bonds. The Balaban J connectivity index is 2.84. The van der Waals surface area contributed by atoms with Crippen LogP contribution < -0.4 is 0 Å². The second kappa shape index (κ2) is 6.69. The first-order valence-electron chi connectivity index (χ1n) is 7.28. The molecule has 2 unspecified atom stereocenters. The minimum Gasteiger partial charge on any atom is -0.508 e. The van der Waals surface area contributed by atoms with Gasteiger partial charge in [-0.3, -0.25) is 4.79 Å². The van der Waals surface area contributed by atoms with Gasteiger partial charge in [0.15, 0.2) is 0 Å². The number of rotatable bonds is 5. The van der Waals surface area contributed by atoms with E-state index in [-0.39, 0.29) is 17.6 Å². The summed E-state index contributed by atoms with van der Waals surface area (Å²) in [6, 6.07) is 6.98. The molecule has 1 N–H and O–H groups in total. The van der Waals surface area contributed by atoms with E-state index in [0.29, 0.717) is 12.8 Å². The van der Waals surface area contributed by atoms with E-state index in [1.807, 2.05) is 46.8 Å². The van der Waals surface area contributed by atoms with Crippen LogP contribution in [0.4, 0.5) is 0 Å². The lowest BCUT2D eigenvalue weighted by atomic mass is 9.88. The van der Waals surface area contributed by atoms with Gasteiger partial charge >= 0.3 is 5.97 Å². The zero-order valence-electron chi connectivity index (χ0n) is 13.4. The lowest BCUT2D eigenvalue weighted by Gasteiger charge is -2.30. The summed E-state index contributed by atoms with van der Waals surface area (Å²) < 4.78 is 5.44. The molecule has 0 saturated carbocycles. The first-order valence-corrected chi connectivity index (χ1v) is 7.66. The van der Waals surface area contributed by atoms with E-state index in [1.165, 1.54) is 0 Å². The van der Waals surface area contributed by atoms with Crippen LogP contribution in [0.2, 0.25) is 0 Å². The molecule has 0 spiro atoms. The van der Waals surface area contributed by atoms with Gasteiger partial charge in [0, 0.05) is 0 Å². The molecule has 0 heterocycles. The summed E-state index contributed by atoms with van der Waals surface area (Å²) in [4.78, 5) is 11.3. The van der Waals surface area contributed by atoms with E-state index in [9.17, 15) is 9.90 Å². The van der Waals surface area contributed by atoms with Gasteiger partial charge < -0.3 is 9.84 Å². The number of ether oxygens (including phenoxy) is 1. The Morgan fingerprint density at radius 2 is 1.81 bits per heavy atom. The zero-order chi connectivity index (χ0) is 16.3. The standard InChI is InChI=1S/C17H25ClO3/c1-6-17(18,15(20)21-16(3,4)5)11-12(2)13-7-9-14(19)10-8-13/h7-10,12,19H,6,11H2,1-5H3. The highest BCUT2D eigenvalue weighted by Gasteiger charge is 2.39. The number of phenols is 1. The molecule has 0 saturated heterocycles. The smallest absolute Gasteiger partial charge is 0.327 e. The highest BCUT2D eigenvalue weighted by molar-refractivity contribution is 6.34. The topological polar surface area (TPSA) is 46.5 Å². The maximum atomic E-state index is 12.3. The Hall–Kier alpha value is -1.22. The van der Waals surface area contributed by atoms with Gasteiger partial charge in [0.05, 0.1) is 0 Å². The van der Waals surface area contributed by atoms with E-state index in [2.05, 4.69) is 0 Å². The molecule has 1 aromatic carbocycles. The van der Waals surface area contributed by atoms with Crippen LogP contribution in [0, 0.1) is 0 Å². The number of aromatic hydroxyl groups is 1. The molecule has 1 rings (SSSR count). The van der Waals surface area contributed by atoms with Gasteiger partial charge in [-0.2, -0.15) is 0 Å². The number of benzene rings is 1. The summed E-state index contributed by atoms with van der Waals surface area (Å²) in [5.41, 5.74) is 0.489. The van der Waals surface area contributed by atoms with Gasteiger partial charge in [0.1, 0.15) is 16.2 Å². The van der Waals surface area contributed by atoms with E-state index >= 15 is 0 Å². The van der Waals surface area contributed by atoms with Crippen molar-refractivity contribution in [3.63, 3.8) is 0 Å². The number of esters is 1. The van der Waals surface area contributed by atoms with Gasteiger partial charge in [0.25, 0.3) is 0 Å². The molecule has 21 heavy (non-hydrogen) atoms. The van der Waals surface area contributed by atoms with Crippen LogP contribution in [0.25, 0.3) is 0 Å². The molecular formula is C17H25ClO3. The second-order valence-corrected chi connectivity index (χ2v) is 7.24.